The molecule has 9 heteroatoms. The number of carbonyl (C=O) groups excluding carboxylic acids is 1. The number of fused-ring (bicyclic) bond motifs is 2. The molecular weight excluding hydrogens is 392 g/mol. The second-order valence-corrected chi connectivity index (χ2v) is 7.52. The van der Waals surface area contributed by atoms with E-state index in [2.05, 4.69) is 10.3 Å². The standard InChI is InChI=1S/C20H18F4N2O3/c21-17-6-11(4-5-25-17)9-19(10-15-14(27)8-16(19)29-15)18(28)26-13-3-1-2-12(7-13)20(22,23)24/h1-7,14-16,27H,8-10H2,(H,26,28)/t14-,15+,16+,19-/m0/s1. The van der Waals surface area contributed by atoms with Crippen LogP contribution in [-0.2, 0) is 22.1 Å². The van der Waals surface area contributed by atoms with Crippen molar-refractivity contribution < 1.29 is 32.2 Å². The first kappa shape index (κ1) is 19.8. The van der Waals surface area contributed by atoms with Crippen LogP contribution in [0, 0.1) is 11.4 Å². The summed E-state index contributed by atoms with van der Waals surface area (Å²) in [7, 11) is 0. The molecule has 5 nitrogen and oxygen atoms in total. The van der Waals surface area contributed by atoms with E-state index in [1.54, 1.807) is 6.07 Å². The number of aliphatic hydroxyl groups is 1. The molecule has 2 N–H and O–H groups in total. The second-order valence-electron chi connectivity index (χ2n) is 7.52. The Morgan fingerprint density at radius 2 is 2.10 bits per heavy atom. The number of pyridine rings is 1. The van der Waals surface area contributed by atoms with Gasteiger partial charge in [-0.05, 0) is 48.7 Å². The maximum absolute atomic E-state index is 13.5. The zero-order valence-corrected chi connectivity index (χ0v) is 15.1. The molecule has 0 spiro atoms. The number of nitrogens with zero attached hydrogens (tertiary/aromatic N) is 1. The van der Waals surface area contributed by atoms with Gasteiger partial charge in [-0.15, -0.1) is 0 Å². The summed E-state index contributed by atoms with van der Waals surface area (Å²) in [5, 5.41) is 12.6. The average Bonchev–Trinajstić information content (AvgIpc) is 3.18. The Balaban J connectivity index is 1.63. The lowest BCUT2D eigenvalue weighted by atomic mass is 9.68. The highest BCUT2D eigenvalue weighted by atomic mass is 19.4. The van der Waals surface area contributed by atoms with Crippen LogP contribution < -0.4 is 5.32 Å². The topological polar surface area (TPSA) is 71.5 Å². The summed E-state index contributed by atoms with van der Waals surface area (Å²) >= 11 is 0. The number of carbonyl (C=O) groups is 1. The minimum Gasteiger partial charge on any atom is -0.390 e. The van der Waals surface area contributed by atoms with E-state index in [0.717, 1.165) is 12.1 Å². The molecule has 1 amide bonds. The monoisotopic (exact) mass is 410 g/mol. The first-order valence-electron chi connectivity index (χ1n) is 9.10. The van der Waals surface area contributed by atoms with E-state index in [9.17, 15) is 27.5 Å². The summed E-state index contributed by atoms with van der Waals surface area (Å²) in [6.45, 7) is 0. The first-order chi connectivity index (χ1) is 13.7. The van der Waals surface area contributed by atoms with Gasteiger partial charge in [0.05, 0.1) is 29.3 Å². The van der Waals surface area contributed by atoms with Gasteiger partial charge in [-0.3, -0.25) is 4.79 Å². The highest BCUT2D eigenvalue weighted by molar-refractivity contribution is 5.96. The van der Waals surface area contributed by atoms with Gasteiger partial charge in [0.25, 0.3) is 0 Å². The Kier molecular flexibility index (Phi) is 4.82. The van der Waals surface area contributed by atoms with E-state index in [4.69, 9.17) is 4.74 Å². The molecule has 154 valence electrons. The quantitative estimate of drug-likeness (QED) is 0.599. The molecule has 1 aromatic heterocycles. The summed E-state index contributed by atoms with van der Waals surface area (Å²) < 4.78 is 58.2. The Morgan fingerprint density at radius 1 is 1.31 bits per heavy atom. The van der Waals surface area contributed by atoms with Gasteiger partial charge in [0, 0.05) is 18.3 Å². The molecule has 0 saturated carbocycles. The Morgan fingerprint density at radius 3 is 2.72 bits per heavy atom. The molecule has 1 aromatic carbocycles. The molecule has 0 unspecified atom stereocenters. The third kappa shape index (κ3) is 3.72. The van der Waals surface area contributed by atoms with Crippen LogP contribution in [0.15, 0.2) is 42.6 Å². The molecule has 2 aliphatic rings. The van der Waals surface area contributed by atoms with Crippen LogP contribution in [0.2, 0.25) is 0 Å². The van der Waals surface area contributed by atoms with Gasteiger partial charge < -0.3 is 15.2 Å². The number of amides is 1. The maximum atomic E-state index is 13.5. The van der Waals surface area contributed by atoms with Gasteiger partial charge in [0.2, 0.25) is 11.9 Å². The molecule has 0 aliphatic carbocycles. The Labute approximate surface area is 163 Å². The van der Waals surface area contributed by atoms with E-state index >= 15 is 0 Å². The minimum atomic E-state index is -4.54. The predicted octanol–water partition coefficient (Wildman–Crippen LogP) is 3.33. The summed E-state index contributed by atoms with van der Waals surface area (Å²) in [4.78, 5) is 16.7. The van der Waals surface area contributed by atoms with Crippen molar-refractivity contribution in [3.05, 3.63) is 59.7 Å². The molecule has 2 bridgehead atoms. The molecule has 2 aromatic rings. The van der Waals surface area contributed by atoms with Crippen LogP contribution >= 0.6 is 0 Å². The van der Waals surface area contributed by atoms with Crippen LogP contribution in [0.5, 0.6) is 0 Å². The van der Waals surface area contributed by atoms with Crippen LogP contribution in [0.4, 0.5) is 23.2 Å². The molecule has 29 heavy (non-hydrogen) atoms. The predicted molar refractivity (Wildman–Crippen MR) is 94.3 cm³/mol. The van der Waals surface area contributed by atoms with Crippen molar-refractivity contribution in [2.45, 2.75) is 43.8 Å². The van der Waals surface area contributed by atoms with E-state index in [1.807, 2.05) is 0 Å². The number of alkyl halides is 3. The van der Waals surface area contributed by atoms with E-state index < -0.39 is 47.3 Å². The Hall–Kier alpha value is -2.52. The van der Waals surface area contributed by atoms with Gasteiger partial charge in [-0.1, -0.05) is 6.07 Å². The third-order valence-electron chi connectivity index (χ3n) is 5.62. The zero-order chi connectivity index (χ0) is 20.8. The van der Waals surface area contributed by atoms with Crippen LogP contribution in [0.3, 0.4) is 0 Å². The van der Waals surface area contributed by atoms with Gasteiger partial charge in [0.1, 0.15) is 0 Å². The van der Waals surface area contributed by atoms with Crippen LogP contribution in [-0.4, -0.2) is 34.3 Å². The number of ether oxygens (including phenoxy) is 1. The number of nitrogens with one attached hydrogen (secondary N) is 1. The highest BCUT2D eigenvalue weighted by Gasteiger charge is 2.60. The average molecular weight is 410 g/mol. The maximum Gasteiger partial charge on any atom is 0.416 e. The summed E-state index contributed by atoms with van der Waals surface area (Å²) in [5.74, 6) is -1.21. The number of halogens is 4. The van der Waals surface area contributed by atoms with E-state index in [0.29, 0.717) is 5.56 Å². The number of aliphatic hydroxyl groups excluding tert-OH is 1. The second kappa shape index (κ2) is 7.07. The fourth-order valence-corrected chi connectivity index (χ4v) is 4.21. The Bertz CT molecular complexity index is 934. The third-order valence-corrected chi connectivity index (χ3v) is 5.62. The van der Waals surface area contributed by atoms with Gasteiger partial charge in [-0.2, -0.15) is 17.6 Å². The zero-order valence-electron chi connectivity index (χ0n) is 15.1. The highest BCUT2D eigenvalue weighted by Crippen LogP contribution is 2.50. The van der Waals surface area contributed by atoms with Gasteiger partial charge in [0.15, 0.2) is 0 Å². The van der Waals surface area contributed by atoms with Gasteiger partial charge in [-0.25, -0.2) is 4.98 Å². The summed E-state index contributed by atoms with van der Waals surface area (Å²) in [6.07, 6.45) is -4.59. The van der Waals surface area contributed by atoms with Crippen LogP contribution in [0.1, 0.15) is 24.0 Å². The van der Waals surface area contributed by atoms with Gasteiger partial charge >= 0.3 is 6.18 Å². The molecule has 2 saturated heterocycles. The van der Waals surface area contributed by atoms with Crippen molar-refractivity contribution in [3.63, 3.8) is 0 Å². The number of hydrogen-bond donors (Lipinski definition) is 2. The number of aromatic nitrogens is 1. The summed E-state index contributed by atoms with van der Waals surface area (Å²) in [5.41, 5.74) is -1.48. The van der Waals surface area contributed by atoms with Crippen molar-refractivity contribution in [3.8, 4) is 0 Å². The van der Waals surface area contributed by atoms with Crippen molar-refractivity contribution in [1.29, 1.82) is 0 Å². The van der Waals surface area contributed by atoms with E-state index in [-0.39, 0.29) is 24.9 Å². The number of rotatable bonds is 4. The molecule has 0 radical (unpaired) electrons. The lowest BCUT2D eigenvalue weighted by molar-refractivity contribution is -0.137. The molecule has 4 rings (SSSR count). The lowest BCUT2D eigenvalue weighted by Crippen LogP contribution is -2.48. The molecule has 2 fully saturated rings. The smallest absolute Gasteiger partial charge is 0.390 e. The lowest BCUT2D eigenvalue weighted by Gasteiger charge is -2.35. The summed E-state index contributed by atoms with van der Waals surface area (Å²) in [6, 6.07) is 7.15. The number of anilines is 1. The number of benzene rings is 1. The van der Waals surface area contributed by atoms with Crippen molar-refractivity contribution in [2.75, 3.05) is 5.32 Å². The van der Waals surface area contributed by atoms with Crippen LogP contribution in [0.25, 0.3) is 0 Å². The van der Waals surface area contributed by atoms with E-state index in [1.165, 1.54) is 24.4 Å². The molecule has 4 atom stereocenters. The van der Waals surface area contributed by atoms with Crippen molar-refractivity contribution in [2.24, 2.45) is 5.41 Å². The fraction of sp³-hybridized carbons (Fsp3) is 0.400. The largest absolute Gasteiger partial charge is 0.416 e. The molecular formula is C20H18F4N2O3. The minimum absolute atomic E-state index is 0.00781. The first-order valence-corrected chi connectivity index (χ1v) is 9.10. The molecule has 2 aliphatic heterocycles. The SMILES string of the molecule is O=C(Nc1cccc(C(F)(F)F)c1)[C@@]1(Cc2ccnc(F)c2)C[C@H]2O[C@@H]1C[C@@H]2O. The normalized spacial score (nSPS) is 28.5. The molecule has 3 heterocycles. The van der Waals surface area contributed by atoms with Crippen molar-refractivity contribution in [1.82, 2.24) is 4.98 Å². The number of hydrogen-bond acceptors (Lipinski definition) is 4. The fourth-order valence-electron chi connectivity index (χ4n) is 4.21. The van der Waals surface area contributed by atoms with Crippen molar-refractivity contribution >= 4 is 11.6 Å².